The smallest absolute Gasteiger partial charge is 0.220 e. The molecular formula is C12H22N2OS. The van der Waals surface area contributed by atoms with Gasteiger partial charge in [0.1, 0.15) is 0 Å². The van der Waals surface area contributed by atoms with Gasteiger partial charge in [0, 0.05) is 12.5 Å². The van der Waals surface area contributed by atoms with Gasteiger partial charge in [-0.2, -0.15) is 11.8 Å². The number of hydrogen-bond acceptors (Lipinski definition) is 3. The van der Waals surface area contributed by atoms with E-state index in [1.54, 1.807) is 0 Å². The average Bonchev–Trinajstić information content (AvgIpc) is 2.31. The Kier molecular flexibility index (Phi) is 4.97. The third-order valence-corrected chi connectivity index (χ3v) is 4.51. The second kappa shape index (κ2) is 6.50. The summed E-state index contributed by atoms with van der Waals surface area (Å²) in [6.07, 6.45) is 5.45. The third kappa shape index (κ3) is 3.98. The zero-order valence-electron chi connectivity index (χ0n) is 9.84. The van der Waals surface area contributed by atoms with E-state index in [4.69, 9.17) is 0 Å². The van der Waals surface area contributed by atoms with E-state index in [0.717, 1.165) is 32.4 Å². The molecule has 0 aromatic carbocycles. The fourth-order valence-electron chi connectivity index (χ4n) is 2.49. The summed E-state index contributed by atoms with van der Waals surface area (Å²) >= 11 is 2.00. The molecule has 92 valence electrons. The first kappa shape index (κ1) is 12.2. The van der Waals surface area contributed by atoms with Crippen molar-refractivity contribution in [3.63, 3.8) is 0 Å². The van der Waals surface area contributed by atoms with E-state index in [1.165, 1.54) is 24.3 Å². The Labute approximate surface area is 102 Å². The number of nitrogens with one attached hydrogen (secondary N) is 2. The molecule has 1 amide bonds. The second-order valence-electron chi connectivity index (χ2n) is 4.87. The van der Waals surface area contributed by atoms with Gasteiger partial charge in [0.2, 0.25) is 5.91 Å². The van der Waals surface area contributed by atoms with Crippen LogP contribution in [0.1, 0.15) is 32.1 Å². The molecule has 1 unspecified atom stereocenters. The zero-order chi connectivity index (χ0) is 11.2. The molecule has 0 saturated carbocycles. The highest BCUT2D eigenvalue weighted by atomic mass is 32.2. The van der Waals surface area contributed by atoms with Gasteiger partial charge in [0.25, 0.3) is 0 Å². The minimum Gasteiger partial charge on any atom is -0.353 e. The monoisotopic (exact) mass is 242 g/mol. The Balaban J connectivity index is 1.66. The van der Waals surface area contributed by atoms with Gasteiger partial charge in [-0.25, -0.2) is 0 Å². The summed E-state index contributed by atoms with van der Waals surface area (Å²) in [7, 11) is 0. The molecule has 2 N–H and O–H groups in total. The van der Waals surface area contributed by atoms with E-state index < -0.39 is 0 Å². The minimum atomic E-state index is 0.269. The summed E-state index contributed by atoms with van der Waals surface area (Å²) in [5.41, 5.74) is 0. The van der Waals surface area contributed by atoms with E-state index in [-0.39, 0.29) is 5.91 Å². The first-order chi connectivity index (χ1) is 7.84. The minimum absolute atomic E-state index is 0.269. The van der Waals surface area contributed by atoms with Gasteiger partial charge in [0.15, 0.2) is 0 Å². The van der Waals surface area contributed by atoms with Crippen LogP contribution in [0.5, 0.6) is 0 Å². The summed E-state index contributed by atoms with van der Waals surface area (Å²) in [6, 6.07) is 0.449. The number of piperidine rings is 1. The summed E-state index contributed by atoms with van der Waals surface area (Å²) in [4.78, 5) is 11.8. The van der Waals surface area contributed by atoms with Crippen LogP contribution < -0.4 is 10.6 Å². The summed E-state index contributed by atoms with van der Waals surface area (Å²) in [5.74, 6) is 3.24. The summed E-state index contributed by atoms with van der Waals surface area (Å²) < 4.78 is 0. The van der Waals surface area contributed by atoms with Crippen LogP contribution in [0.15, 0.2) is 0 Å². The lowest BCUT2D eigenvalue weighted by Gasteiger charge is -2.25. The highest BCUT2D eigenvalue weighted by molar-refractivity contribution is 7.99. The van der Waals surface area contributed by atoms with Crippen LogP contribution in [0.4, 0.5) is 0 Å². The molecule has 3 nitrogen and oxygen atoms in total. The maximum Gasteiger partial charge on any atom is 0.220 e. The first-order valence-electron chi connectivity index (χ1n) is 6.42. The number of carbonyl (C=O) groups is 1. The van der Waals surface area contributed by atoms with E-state index >= 15 is 0 Å². The maximum atomic E-state index is 11.8. The molecule has 0 aliphatic carbocycles. The molecule has 2 saturated heterocycles. The molecule has 0 radical (unpaired) electrons. The van der Waals surface area contributed by atoms with Crippen molar-refractivity contribution in [3.8, 4) is 0 Å². The molecule has 2 aliphatic heterocycles. The zero-order valence-corrected chi connectivity index (χ0v) is 10.7. The van der Waals surface area contributed by atoms with Gasteiger partial charge in [-0.05, 0) is 56.2 Å². The van der Waals surface area contributed by atoms with Crippen LogP contribution in [0, 0.1) is 5.92 Å². The van der Waals surface area contributed by atoms with Crippen molar-refractivity contribution < 1.29 is 4.79 Å². The molecule has 2 aliphatic rings. The summed E-state index contributed by atoms with van der Waals surface area (Å²) in [5, 5.41) is 6.55. The Morgan fingerprint density at radius 1 is 1.31 bits per heavy atom. The van der Waals surface area contributed by atoms with Gasteiger partial charge in [-0.15, -0.1) is 0 Å². The van der Waals surface area contributed by atoms with Crippen LogP contribution in [-0.4, -0.2) is 36.5 Å². The second-order valence-corrected chi connectivity index (χ2v) is 6.10. The van der Waals surface area contributed by atoms with Gasteiger partial charge < -0.3 is 10.6 Å². The van der Waals surface area contributed by atoms with Crippen molar-refractivity contribution in [2.24, 2.45) is 5.92 Å². The lowest BCUT2D eigenvalue weighted by Crippen LogP contribution is -2.40. The fraction of sp³-hybridized carbons (Fsp3) is 0.917. The van der Waals surface area contributed by atoms with Crippen LogP contribution in [0.3, 0.4) is 0 Å². The van der Waals surface area contributed by atoms with Gasteiger partial charge >= 0.3 is 0 Å². The molecule has 2 fully saturated rings. The lowest BCUT2D eigenvalue weighted by molar-refractivity contribution is -0.122. The molecule has 0 bridgehead atoms. The predicted molar refractivity (Wildman–Crippen MR) is 68.7 cm³/mol. The highest BCUT2D eigenvalue weighted by Gasteiger charge is 2.20. The molecule has 4 heteroatoms. The van der Waals surface area contributed by atoms with E-state index in [1.807, 2.05) is 11.8 Å². The molecule has 0 aromatic heterocycles. The molecular weight excluding hydrogens is 220 g/mol. The Morgan fingerprint density at radius 2 is 2.12 bits per heavy atom. The molecule has 0 aromatic rings. The average molecular weight is 242 g/mol. The van der Waals surface area contributed by atoms with Crippen molar-refractivity contribution in [3.05, 3.63) is 0 Å². The highest BCUT2D eigenvalue weighted by Crippen LogP contribution is 2.18. The standard InChI is InChI=1S/C12H22N2OS/c15-12(8-10-2-1-5-13-9-10)14-11-3-6-16-7-4-11/h10-11,13H,1-9H2,(H,14,15). The Bertz CT molecular complexity index is 201. The first-order valence-corrected chi connectivity index (χ1v) is 7.58. The van der Waals surface area contributed by atoms with E-state index in [9.17, 15) is 4.79 Å². The summed E-state index contributed by atoms with van der Waals surface area (Å²) in [6.45, 7) is 2.14. The normalized spacial score (nSPS) is 27.6. The molecule has 2 rings (SSSR count). The van der Waals surface area contributed by atoms with Crippen molar-refractivity contribution >= 4 is 17.7 Å². The number of carbonyl (C=O) groups excluding carboxylic acids is 1. The predicted octanol–water partition coefficient (Wildman–Crippen LogP) is 1.39. The Morgan fingerprint density at radius 3 is 2.81 bits per heavy atom. The van der Waals surface area contributed by atoms with Crippen LogP contribution >= 0.6 is 11.8 Å². The molecule has 2 heterocycles. The molecule has 16 heavy (non-hydrogen) atoms. The Hall–Kier alpha value is -0.220. The number of thioether (sulfide) groups is 1. The quantitative estimate of drug-likeness (QED) is 0.786. The fourth-order valence-corrected chi connectivity index (χ4v) is 3.60. The SMILES string of the molecule is O=C(CC1CCCNC1)NC1CCSCC1. The molecule has 1 atom stereocenters. The maximum absolute atomic E-state index is 11.8. The van der Waals surface area contributed by atoms with Crippen molar-refractivity contribution in [2.75, 3.05) is 24.6 Å². The van der Waals surface area contributed by atoms with Gasteiger partial charge in [-0.3, -0.25) is 4.79 Å². The van der Waals surface area contributed by atoms with Crippen molar-refractivity contribution in [1.82, 2.24) is 10.6 Å². The number of rotatable bonds is 3. The topological polar surface area (TPSA) is 41.1 Å². The van der Waals surface area contributed by atoms with E-state index in [0.29, 0.717) is 12.0 Å². The van der Waals surface area contributed by atoms with E-state index in [2.05, 4.69) is 10.6 Å². The molecule has 0 spiro atoms. The number of amides is 1. The van der Waals surface area contributed by atoms with Crippen molar-refractivity contribution in [1.29, 1.82) is 0 Å². The lowest BCUT2D eigenvalue weighted by atomic mass is 9.95. The largest absolute Gasteiger partial charge is 0.353 e. The third-order valence-electron chi connectivity index (χ3n) is 3.46. The van der Waals surface area contributed by atoms with Crippen molar-refractivity contribution in [2.45, 2.75) is 38.1 Å². The van der Waals surface area contributed by atoms with Gasteiger partial charge in [-0.1, -0.05) is 0 Å². The van der Waals surface area contributed by atoms with Crippen LogP contribution in [-0.2, 0) is 4.79 Å². The van der Waals surface area contributed by atoms with Gasteiger partial charge in [0.05, 0.1) is 0 Å². The van der Waals surface area contributed by atoms with Crippen LogP contribution in [0.2, 0.25) is 0 Å². The van der Waals surface area contributed by atoms with Crippen LogP contribution in [0.25, 0.3) is 0 Å². The number of hydrogen-bond donors (Lipinski definition) is 2.